The Labute approximate surface area is 215 Å². The van der Waals surface area contributed by atoms with Crippen LogP contribution in [0.1, 0.15) is 15.9 Å². The molecule has 1 saturated heterocycles. The van der Waals surface area contributed by atoms with Crippen LogP contribution in [0.25, 0.3) is 5.57 Å². The number of nitrogens with one attached hydrogen (secondary N) is 3. The molecule has 2 heterocycles. The standard InChI is InChI=1S/C27H27N5O4S/c1-31-13-15-32(16-14-31)21-10-7-19(8-11-21)28-18-25-24-17-20(9-12-23(24)26(33)29-27(25)34)30-37(35,36)22-5-3-2-4-6-22/h2-12,17-18,28,30H,13-16H2,1H3,(H,29,33,34)/b25-18-. The first-order valence-corrected chi connectivity index (χ1v) is 13.4. The van der Waals surface area contributed by atoms with Crippen LogP contribution in [0.15, 0.2) is 83.9 Å². The maximum Gasteiger partial charge on any atom is 0.261 e. The number of likely N-dealkylation sites (N-methyl/N-ethyl adjacent to an activating group) is 1. The topological polar surface area (TPSA) is 111 Å². The first-order valence-electron chi connectivity index (χ1n) is 11.9. The molecule has 3 aromatic carbocycles. The predicted octanol–water partition coefficient (Wildman–Crippen LogP) is 2.96. The van der Waals surface area contributed by atoms with Crippen molar-refractivity contribution >= 4 is 44.5 Å². The van der Waals surface area contributed by atoms with E-state index >= 15 is 0 Å². The third kappa shape index (κ3) is 5.35. The number of sulfonamides is 1. The Morgan fingerprint density at radius 3 is 2.19 bits per heavy atom. The van der Waals surface area contributed by atoms with Crippen molar-refractivity contribution in [1.82, 2.24) is 10.2 Å². The lowest BCUT2D eigenvalue weighted by Crippen LogP contribution is -2.44. The van der Waals surface area contributed by atoms with Gasteiger partial charge in [-0.25, -0.2) is 8.42 Å². The zero-order chi connectivity index (χ0) is 26.0. The van der Waals surface area contributed by atoms with E-state index in [9.17, 15) is 18.0 Å². The van der Waals surface area contributed by atoms with E-state index in [0.29, 0.717) is 5.56 Å². The number of hydrogen-bond donors (Lipinski definition) is 3. The molecule has 0 aromatic heterocycles. The van der Waals surface area contributed by atoms with E-state index in [2.05, 4.69) is 32.2 Å². The largest absolute Gasteiger partial charge is 0.369 e. The minimum atomic E-state index is -3.83. The average Bonchev–Trinajstić information content (AvgIpc) is 2.89. The molecule has 0 radical (unpaired) electrons. The number of rotatable bonds is 6. The summed E-state index contributed by atoms with van der Waals surface area (Å²) in [6, 6.07) is 20.4. The quantitative estimate of drug-likeness (QED) is 0.341. The number of carbonyl (C=O) groups excluding carboxylic acids is 2. The van der Waals surface area contributed by atoms with E-state index in [1.54, 1.807) is 18.2 Å². The highest BCUT2D eigenvalue weighted by molar-refractivity contribution is 7.92. The van der Waals surface area contributed by atoms with E-state index in [1.165, 1.54) is 36.5 Å². The lowest BCUT2D eigenvalue weighted by molar-refractivity contribution is -0.114. The van der Waals surface area contributed by atoms with Gasteiger partial charge in [0.1, 0.15) is 0 Å². The Kier molecular flexibility index (Phi) is 6.68. The number of fused-ring (bicyclic) bond motifs is 1. The number of amides is 2. The van der Waals surface area contributed by atoms with Crippen molar-refractivity contribution in [3.63, 3.8) is 0 Å². The first-order chi connectivity index (χ1) is 17.8. The molecular formula is C27H27N5O4S. The molecule has 3 aromatic rings. The van der Waals surface area contributed by atoms with Gasteiger partial charge in [0.15, 0.2) is 0 Å². The summed E-state index contributed by atoms with van der Waals surface area (Å²) >= 11 is 0. The fraction of sp³-hybridized carbons (Fsp3) is 0.185. The van der Waals surface area contributed by atoms with E-state index in [1.807, 2.05) is 24.3 Å². The lowest BCUT2D eigenvalue weighted by atomic mass is 9.95. The molecule has 0 spiro atoms. The second-order valence-corrected chi connectivity index (χ2v) is 10.7. The first kappa shape index (κ1) is 24.5. The third-order valence-corrected chi connectivity index (χ3v) is 7.85. The zero-order valence-corrected chi connectivity index (χ0v) is 21.1. The van der Waals surface area contributed by atoms with Crippen LogP contribution in [0, 0.1) is 0 Å². The summed E-state index contributed by atoms with van der Waals surface area (Å²) in [6.07, 6.45) is 1.53. The molecular weight excluding hydrogens is 490 g/mol. The summed E-state index contributed by atoms with van der Waals surface area (Å²) in [5, 5.41) is 5.47. The van der Waals surface area contributed by atoms with E-state index < -0.39 is 21.8 Å². The maximum absolute atomic E-state index is 12.8. The minimum absolute atomic E-state index is 0.110. The molecule has 37 heavy (non-hydrogen) atoms. The van der Waals surface area contributed by atoms with Crippen molar-refractivity contribution < 1.29 is 18.0 Å². The second kappa shape index (κ2) is 10.1. The summed E-state index contributed by atoms with van der Waals surface area (Å²) in [5.41, 5.74) is 2.99. The van der Waals surface area contributed by atoms with Gasteiger partial charge < -0.3 is 15.1 Å². The zero-order valence-electron chi connectivity index (χ0n) is 20.3. The molecule has 9 nitrogen and oxygen atoms in total. The van der Waals surface area contributed by atoms with Crippen LogP contribution in [0.4, 0.5) is 17.1 Å². The summed E-state index contributed by atoms with van der Waals surface area (Å²) in [4.78, 5) is 29.9. The van der Waals surface area contributed by atoms with Crippen LogP contribution in [0.3, 0.4) is 0 Å². The number of hydrogen-bond acceptors (Lipinski definition) is 7. The Morgan fingerprint density at radius 1 is 0.811 bits per heavy atom. The Bertz CT molecular complexity index is 1460. The van der Waals surface area contributed by atoms with Crippen LogP contribution in [-0.4, -0.2) is 58.4 Å². The number of nitrogens with zero attached hydrogens (tertiary/aromatic N) is 2. The van der Waals surface area contributed by atoms with E-state index in [0.717, 1.165) is 37.6 Å². The molecule has 0 saturated carbocycles. The normalized spacial score (nSPS) is 17.3. The van der Waals surface area contributed by atoms with Gasteiger partial charge in [0.2, 0.25) is 0 Å². The smallest absolute Gasteiger partial charge is 0.261 e. The van der Waals surface area contributed by atoms with Crippen LogP contribution < -0.4 is 20.3 Å². The Balaban J connectivity index is 1.38. The van der Waals surface area contributed by atoms with Crippen molar-refractivity contribution in [3.8, 4) is 0 Å². The SMILES string of the molecule is CN1CCN(c2ccc(N/C=C3\C(=O)NC(=O)c4ccc(NS(=O)(=O)c5ccccc5)cc43)cc2)CC1. The Hall–Kier alpha value is -4.15. The van der Waals surface area contributed by atoms with Gasteiger partial charge in [-0.1, -0.05) is 18.2 Å². The van der Waals surface area contributed by atoms with Gasteiger partial charge in [-0.15, -0.1) is 0 Å². The number of imide groups is 1. The van der Waals surface area contributed by atoms with E-state index in [-0.39, 0.29) is 21.7 Å². The molecule has 3 N–H and O–H groups in total. The van der Waals surface area contributed by atoms with Gasteiger partial charge in [-0.3, -0.25) is 19.6 Å². The monoisotopic (exact) mass is 517 g/mol. The molecule has 190 valence electrons. The van der Waals surface area contributed by atoms with Gasteiger partial charge in [0.05, 0.1) is 10.5 Å². The second-order valence-electron chi connectivity index (χ2n) is 9.00. The lowest BCUT2D eigenvalue weighted by Gasteiger charge is -2.34. The van der Waals surface area contributed by atoms with Crippen LogP contribution in [-0.2, 0) is 14.8 Å². The molecule has 2 aliphatic rings. The molecule has 2 amide bonds. The van der Waals surface area contributed by atoms with Crippen LogP contribution in [0.5, 0.6) is 0 Å². The Morgan fingerprint density at radius 2 is 1.49 bits per heavy atom. The molecule has 0 aliphatic carbocycles. The van der Waals surface area contributed by atoms with Crippen LogP contribution >= 0.6 is 0 Å². The summed E-state index contributed by atoms with van der Waals surface area (Å²) in [6.45, 7) is 3.97. The maximum atomic E-state index is 12.8. The van der Waals surface area contributed by atoms with Crippen molar-refractivity contribution in [2.24, 2.45) is 0 Å². The minimum Gasteiger partial charge on any atom is -0.369 e. The van der Waals surface area contributed by atoms with E-state index in [4.69, 9.17) is 0 Å². The van der Waals surface area contributed by atoms with Gasteiger partial charge in [0, 0.05) is 60.6 Å². The number of anilines is 3. The third-order valence-electron chi connectivity index (χ3n) is 6.45. The molecule has 0 unspecified atom stereocenters. The van der Waals surface area contributed by atoms with Gasteiger partial charge in [-0.2, -0.15) is 0 Å². The van der Waals surface area contributed by atoms with Crippen LogP contribution in [0.2, 0.25) is 0 Å². The van der Waals surface area contributed by atoms with Crippen molar-refractivity contribution in [3.05, 3.63) is 90.1 Å². The molecule has 5 rings (SSSR count). The molecule has 10 heteroatoms. The number of benzene rings is 3. The van der Waals surface area contributed by atoms with Crippen molar-refractivity contribution in [2.75, 3.05) is 48.2 Å². The summed E-state index contributed by atoms with van der Waals surface area (Å²) < 4.78 is 28.0. The highest BCUT2D eigenvalue weighted by atomic mass is 32.2. The molecule has 0 bridgehead atoms. The molecule has 0 atom stereocenters. The van der Waals surface area contributed by atoms with Gasteiger partial charge in [0.25, 0.3) is 21.8 Å². The van der Waals surface area contributed by atoms with Crippen molar-refractivity contribution in [1.29, 1.82) is 0 Å². The average molecular weight is 518 g/mol. The summed E-state index contributed by atoms with van der Waals surface area (Å²) in [7, 11) is -1.72. The highest BCUT2D eigenvalue weighted by Gasteiger charge is 2.28. The van der Waals surface area contributed by atoms with Gasteiger partial charge in [-0.05, 0) is 61.6 Å². The number of carbonyl (C=O) groups is 2. The fourth-order valence-corrected chi connectivity index (χ4v) is 5.40. The van der Waals surface area contributed by atoms with Gasteiger partial charge >= 0.3 is 0 Å². The van der Waals surface area contributed by atoms with Crippen molar-refractivity contribution in [2.45, 2.75) is 4.90 Å². The summed E-state index contributed by atoms with van der Waals surface area (Å²) in [5.74, 6) is -1.10. The number of piperazine rings is 1. The highest BCUT2D eigenvalue weighted by Crippen LogP contribution is 2.29. The molecule has 1 fully saturated rings. The molecule has 2 aliphatic heterocycles. The fourth-order valence-electron chi connectivity index (χ4n) is 4.33. The predicted molar refractivity (Wildman–Crippen MR) is 144 cm³/mol.